The molecule has 2 aliphatic rings. The van der Waals surface area contributed by atoms with Gasteiger partial charge in [0.05, 0.1) is 17.1 Å². The van der Waals surface area contributed by atoms with Gasteiger partial charge in [0.1, 0.15) is 5.82 Å². The van der Waals surface area contributed by atoms with Crippen molar-refractivity contribution in [1.82, 2.24) is 0 Å². The molecule has 0 saturated heterocycles. The number of halogens is 1. The molecule has 5 nitrogen and oxygen atoms in total. The first-order valence-electron chi connectivity index (χ1n) is 7.55. The lowest BCUT2D eigenvalue weighted by atomic mass is 10.1. The topological polar surface area (TPSA) is 66.5 Å². The van der Waals surface area contributed by atoms with E-state index in [9.17, 15) is 17.6 Å². The lowest BCUT2D eigenvalue weighted by Gasteiger charge is -2.25. The van der Waals surface area contributed by atoms with Crippen LogP contribution in [0.1, 0.15) is 32.1 Å². The molecule has 1 N–H and O–H groups in total. The summed E-state index contributed by atoms with van der Waals surface area (Å²) in [7, 11) is -3.52. The fraction of sp³-hybridized carbons (Fsp3) is 0.533. The highest BCUT2D eigenvalue weighted by molar-refractivity contribution is 7.92. The molecule has 1 aliphatic heterocycles. The molecule has 0 unspecified atom stereocenters. The fourth-order valence-corrected chi connectivity index (χ4v) is 5.15. The number of hydrogen-bond acceptors (Lipinski definition) is 3. The predicted molar refractivity (Wildman–Crippen MR) is 82.7 cm³/mol. The summed E-state index contributed by atoms with van der Waals surface area (Å²) in [6.45, 7) is 0.0967. The van der Waals surface area contributed by atoms with Crippen LogP contribution in [0.15, 0.2) is 18.2 Å². The number of carbonyl (C=O) groups is 1. The Morgan fingerprint density at radius 2 is 2.00 bits per heavy atom. The normalized spacial score (nSPS) is 19.7. The third kappa shape index (κ3) is 3.09. The number of fused-ring (bicyclic) bond motifs is 1. The molecule has 0 atom stereocenters. The number of sulfonamides is 1. The van der Waals surface area contributed by atoms with Gasteiger partial charge in [-0.05, 0) is 37.0 Å². The molecule has 1 heterocycles. The van der Waals surface area contributed by atoms with E-state index in [0.29, 0.717) is 5.69 Å². The van der Waals surface area contributed by atoms with Gasteiger partial charge in [0, 0.05) is 13.0 Å². The molecule has 0 aromatic heterocycles. The molecule has 0 bridgehead atoms. The number of amides is 1. The van der Waals surface area contributed by atoms with Crippen molar-refractivity contribution < 1.29 is 17.6 Å². The van der Waals surface area contributed by atoms with Crippen LogP contribution >= 0.6 is 0 Å². The highest BCUT2D eigenvalue weighted by Gasteiger charge is 2.31. The van der Waals surface area contributed by atoms with Crippen molar-refractivity contribution in [2.75, 3.05) is 21.9 Å². The molecule has 1 aliphatic carbocycles. The first-order valence-corrected chi connectivity index (χ1v) is 9.16. The molecule has 7 heteroatoms. The first-order chi connectivity index (χ1) is 10.5. The van der Waals surface area contributed by atoms with Gasteiger partial charge in [-0.1, -0.05) is 12.8 Å². The van der Waals surface area contributed by atoms with Gasteiger partial charge < -0.3 is 5.32 Å². The number of hydrogen-bond donors (Lipinski definition) is 1. The molecule has 1 aromatic rings. The fourth-order valence-electron chi connectivity index (χ4n) is 3.22. The largest absolute Gasteiger partial charge is 0.324 e. The van der Waals surface area contributed by atoms with Crippen molar-refractivity contribution in [3.05, 3.63) is 24.0 Å². The van der Waals surface area contributed by atoms with E-state index >= 15 is 0 Å². The molecular weight excluding hydrogens is 307 g/mol. The number of nitrogens with one attached hydrogen (secondary N) is 1. The van der Waals surface area contributed by atoms with Crippen molar-refractivity contribution in [2.24, 2.45) is 5.92 Å². The lowest BCUT2D eigenvalue weighted by Crippen LogP contribution is -2.35. The molecule has 3 rings (SSSR count). The maximum atomic E-state index is 13.4. The summed E-state index contributed by atoms with van der Waals surface area (Å²) in [4.78, 5) is 11.7. The predicted octanol–water partition coefficient (Wildman–Crippen LogP) is 2.49. The van der Waals surface area contributed by atoms with Crippen molar-refractivity contribution in [1.29, 1.82) is 0 Å². The van der Waals surface area contributed by atoms with Crippen molar-refractivity contribution >= 4 is 27.3 Å². The molecule has 1 amide bonds. The minimum absolute atomic E-state index is 0.0696. The Morgan fingerprint density at radius 3 is 2.73 bits per heavy atom. The zero-order valence-corrected chi connectivity index (χ0v) is 13.0. The second-order valence-corrected chi connectivity index (χ2v) is 7.90. The average Bonchev–Trinajstić information content (AvgIpc) is 2.86. The van der Waals surface area contributed by atoms with E-state index in [1.54, 1.807) is 0 Å². The third-order valence-corrected chi connectivity index (χ3v) is 6.24. The monoisotopic (exact) mass is 326 g/mol. The van der Waals surface area contributed by atoms with Gasteiger partial charge in [-0.2, -0.15) is 0 Å². The molecular formula is C15H19FN2O3S. The molecule has 0 radical (unpaired) electrons. The van der Waals surface area contributed by atoms with Crippen LogP contribution in [0.25, 0.3) is 0 Å². The molecule has 1 aromatic carbocycles. The summed E-state index contributed by atoms with van der Waals surface area (Å²) in [5.41, 5.74) is 0.572. The van der Waals surface area contributed by atoms with E-state index in [2.05, 4.69) is 5.32 Å². The Morgan fingerprint density at radius 1 is 1.27 bits per heavy atom. The smallest absolute Gasteiger partial charge is 0.235 e. The van der Waals surface area contributed by atoms with E-state index in [0.717, 1.165) is 31.7 Å². The quantitative estimate of drug-likeness (QED) is 0.928. The Labute approximate surface area is 129 Å². The van der Waals surface area contributed by atoms with E-state index in [4.69, 9.17) is 0 Å². The lowest BCUT2D eigenvalue weighted by molar-refractivity contribution is -0.115. The van der Waals surface area contributed by atoms with E-state index in [1.165, 1.54) is 16.4 Å². The van der Waals surface area contributed by atoms with Crippen LogP contribution in [0.2, 0.25) is 0 Å². The Balaban J connectivity index is 1.94. The number of benzene rings is 1. The van der Waals surface area contributed by atoms with Gasteiger partial charge in [-0.25, -0.2) is 12.8 Å². The molecule has 1 fully saturated rings. The van der Waals surface area contributed by atoms with Gasteiger partial charge in [0.2, 0.25) is 15.9 Å². The summed E-state index contributed by atoms with van der Waals surface area (Å²) in [5.74, 6) is -0.529. The second kappa shape index (κ2) is 5.87. The first kappa shape index (κ1) is 15.3. The summed E-state index contributed by atoms with van der Waals surface area (Å²) < 4.78 is 40.1. The zero-order chi connectivity index (χ0) is 15.7. The SMILES string of the molecule is O=C1CCN(S(=O)(=O)CC2CCCC2)c2ccc(F)cc2N1. The molecule has 120 valence electrons. The number of anilines is 2. The van der Waals surface area contributed by atoms with Crippen LogP contribution < -0.4 is 9.62 Å². The Kier molecular flexibility index (Phi) is 4.08. The maximum Gasteiger partial charge on any atom is 0.235 e. The number of rotatable bonds is 3. The standard InChI is InChI=1S/C15H19FN2O3S/c16-12-5-6-14-13(9-12)17-15(19)7-8-18(14)22(20,21)10-11-3-1-2-4-11/h5-6,9,11H,1-4,7-8,10H2,(H,17,19). The van der Waals surface area contributed by atoms with Gasteiger partial charge in [-0.15, -0.1) is 0 Å². The molecule has 22 heavy (non-hydrogen) atoms. The zero-order valence-electron chi connectivity index (χ0n) is 12.2. The van der Waals surface area contributed by atoms with Gasteiger partial charge in [-0.3, -0.25) is 9.10 Å². The highest BCUT2D eigenvalue weighted by atomic mass is 32.2. The van der Waals surface area contributed by atoms with Crippen molar-refractivity contribution in [3.8, 4) is 0 Å². The van der Waals surface area contributed by atoms with E-state index < -0.39 is 15.8 Å². The second-order valence-electron chi connectivity index (χ2n) is 5.96. The summed E-state index contributed by atoms with van der Waals surface area (Å²) in [6.07, 6.45) is 4.07. The van der Waals surface area contributed by atoms with Gasteiger partial charge >= 0.3 is 0 Å². The minimum Gasteiger partial charge on any atom is -0.324 e. The van der Waals surface area contributed by atoms with Crippen LogP contribution in [0.3, 0.4) is 0 Å². The van der Waals surface area contributed by atoms with Crippen LogP contribution in [0, 0.1) is 11.7 Å². The number of nitrogens with zero attached hydrogens (tertiary/aromatic N) is 1. The maximum absolute atomic E-state index is 13.4. The van der Waals surface area contributed by atoms with Crippen LogP contribution in [0.5, 0.6) is 0 Å². The van der Waals surface area contributed by atoms with Crippen LogP contribution in [0.4, 0.5) is 15.8 Å². The molecule has 0 spiro atoms. The summed E-state index contributed by atoms with van der Waals surface area (Å²) in [6, 6.07) is 3.80. The van der Waals surface area contributed by atoms with Gasteiger partial charge in [0.15, 0.2) is 0 Å². The highest BCUT2D eigenvalue weighted by Crippen LogP contribution is 2.34. The Bertz CT molecular complexity index is 684. The summed E-state index contributed by atoms with van der Waals surface area (Å²) >= 11 is 0. The number of carbonyl (C=O) groups excluding carboxylic acids is 1. The minimum atomic E-state index is -3.52. The van der Waals surface area contributed by atoms with Crippen LogP contribution in [-0.4, -0.2) is 26.6 Å². The van der Waals surface area contributed by atoms with Crippen LogP contribution in [-0.2, 0) is 14.8 Å². The van der Waals surface area contributed by atoms with E-state index in [-0.39, 0.29) is 36.2 Å². The van der Waals surface area contributed by atoms with Gasteiger partial charge in [0.25, 0.3) is 0 Å². The van der Waals surface area contributed by atoms with Crippen molar-refractivity contribution in [3.63, 3.8) is 0 Å². The third-order valence-electron chi connectivity index (χ3n) is 4.30. The molecule has 1 saturated carbocycles. The average molecular weight is 326 g/mol. The summed E-state index contributed by atoms with van der Waals surface area (Å²) in [5, 5.41) is 2.57. The Hall–Kier alpha value is -1.63. The van der Waals surface area contributed by atoms with Crippen molar-refractivity contribution in [2.45, 2.75) is 32.1 Å². The van der Waals surface area contributed by atoms with E-state index in [1.807, 2.05) is 0 Å².